The standard InChI is InChI=1S/C16H14ClN3O2/c1-2-18-16-19-14-9-12(21)7-8-13(14)15(22)20(16)11-5-3-10(17)4-6-11/h3-9,21H,2H2,1H3,(H,18,19). The Bertz CT molecular complexity index is 888. The third kappa shape index (κ3) is 2.51. The second-order valence-electron chi connectivity index (χ2n) is 4.78. The summed E-state index contributed by atoms with van der Waals surface area (Å²) in [6, 6.07) is 11.5. The predicted octanol–water partition coefficient (Wildman–Crippen LogP) is 3.18. The van der Waals surface area contributed by atoms with Gasteiger partial charge in [0.1, 0.15) is 5.75 Å². The summed E-state index contributed by atoms with van der Waals surface area (Å²) in [4.78, 5) is 17.2. The molecule has 0 fully saturated rings. The van der Waals surface area contributed by atoms with Crippen LogP contribution < -0.4 is 10.9 Å². The smallest absolute Gasteiger partial charge is 0.267 e. The summed E-state index contributed by atoms with van der Waals surface area (Å²) in [6.07, 6.45) is 0. The Labute approximate surface area is 131 Å². The molecule has 2 aromatic carbocycles. The summed E-state index contributed by atoms with van der Waals surface area (Å²) in [5, 5.41) is 13.7. The summed E-state index contributed by atoms with van der Waals surface area (Å²) >= 11 is 5.91. The molecule has 3 aromatic rings. The van der Waals surface area contributed by atoms with Gasteiger partial charge in [0.15, 0.2) is 0 Å². The zero-order chi connectivity index (χ0) is 15.7. The zero-order valence-electron chi connectivity index (χ0n) is 11.9. The number of fused-ring (bicyclic) bond motifs is 1. The number of benzene rings is 2. The van der Waals surface area contributed by atoms with Crippen LogP contribution in [0.15, 0.2) is 47.3 Å². The quantitative estimate of drug-likeness (QED) is 0.779. The van der Waals surface area contributed by atoms with E-state index in [-0.39, 0.29) is 11.3 Å². The molecular formula is C16H14ClN3O2. The zero-order valence-corrected chi connectivity index (χ0v) is 12.6. The third-order valence-electron chi connectivity index (χ3n) is 3.27. The number of aromatic hydroxyl groups is 1. The van der Waals surface area contributed by atoms with E-state index in [2.05, 4.69) is 10.3 Å². The van der Waals surface area contributed by atoms with Crippen LogP contribution in [0.3, 0.4) is 0 Å². The number of nitrogens with one attached hydrogen (secondary N) is 1. The lowest BCUT2D eigenvalue weighted by molar-refractivity contribution is 0.476. The van der Waals surface area contributed by atoms with Crippen LogP contribution in [0.4, 0.5) is 5.95 Å². The van der Waals surface area contributed by atoms with Gasteiger partial charge in [-0.25, -0.2) is 9.55 Å². The van der Waals surface area contributed by atoms with Crippen LogP contribution in [0.25, 0.3) is 16.6 Å². The van der Waals surface area contributed by atoms with Crippen molar-refractivity contribution >= 4 is 28.5 Å². The van der Waals surface area contributed by atoms with Crippen molar-refractivity contribution in [1.29, 1.82) is 0 Å². The highest BCUT2D eigenvalue weighted by molar-refractivity contribution is 6.30. The minimum Gasteiger partial charge on any atom is -0.508 e. The molecule has 0 atom stereocenters. The minimum atomic E-state index is -0.205. The highest BCUT2D eigenvalue weighted by atomic mass is 35.5. The molecule has 0 bridgehead atoms. The average Bonchev–Trinajstić information content (AvgIpc) is 2.49. The second kappa shape index (κ2) is 5.69. The van der Waals surface area contributed by atoms with Gasteiger partial charge in [0.05, 0.1) is 16.6 Å². The summed E-state index contributed by atoms with van der Waals surface area (Å²) in [5.74, 6) is 0.499. The summed E-state index contributed by atoms with van der Waals surface area (Å²) in [6.45, 7) is 2.54. The molecule has 0 spiro atoms. The Kier molecular flexibility index (Phi) is 3.73. The fourth-order valence-electron chi connectivity index (χ4n) is 2.28. The van der Waals surface area contributed by atoms with Gasteiger partial charge in [-0.15, -0.1) is 0 Å². The van der Waals surface area contributed by atoms with Gasteiger partial charge in [0, 0.05) is 17.6 Å². The lowest BCUT2D eigenvalue weighted by Gasteiger charge is -2.14. The molecule has 1 aromatic heterocycles. The summed E-state index contributed by atoms with van der Waals surface area (Å²) in [7, 11) is 0. The van der Waals surface area contributed by atoms with Crippen LogP contribution >= 0.6 is 11.6 Å². The molecule has 0 unspecified atom stereocenters. The molecule has 0 aliphatic rings. The van der Waals surface area contributed by atoms with E-state index >= 15 is 0 Å². The Hall–Kier alpha value is -2.53. The lowest BCUT2D eigenvalue weighted by atomic mass is 10.2. The fraction of sp³-hybridized carbons (Fsp3) is 0.125. The number of halogens is 1. The topological polar surface area (TPSA) is 67.2 Å². The van der Waals surface area contributed by atoms with E-state index in [4.69, 9.17) is 11.6 Å². The van der Waals surface area contributed by atoms with Crippen LogP contribution in [-0.2, 0) is 0 Å². The molecule has 0 saturated heterocycles. The summed E-state index contributed by atoms with van der Waals surface area (Å²) in [5.41, 5.74) is 0.919. The Balaban J connectivity index is 2.33. The van der Waals surface area contributed by atoms with Crippen molar-refractivity contribution in [2.45, 2.75) is 6.92 Å². The van der Waals surface area contributed by atoms with E-state index in [0.717, 1.165) is 0 Å². The highest BCUT2D eigenvalue weighted by Crippen LogP contribution is 2.20. The number of phenols is 1. The first-order valence-corrected chi connectivity index (χ1v) is 7.23. The maximum Gasteiger partial charge on any atom is 0.267 e. The van der Waals surface area contributed by atoms with Crippen molar-refractivity contribution < 1.29 is 5.11 Å². The molecule has 1 heterocycles. The average molecular weight is 316 g/mol. The van der Waals surface area contributed by atoms with Gasteiger partial charge in [-0.1, -0.05) is 11.6 Å². The second-order valence-corrected chi connectivity index (χ2v) is 5.22. The molecule has 112 valence electrons. The van der Waals surface area contributed by atoms with E-state index < -0.39 is 0 Å². The van der Waals surface area contributed by atoms with Gasteiger partial charge < -0.3 is 10.4 Å². The molecule has 0 saturated carbocycles. The first-order chi connectivity index (χ1) is 10.6. The molecule has 0 aliphatic heterocycles. The molecule has 3 rings (SSSR count). The Morgan fingerprint density at radius 3 is 2.64 bits per heavy atom. The number of nitrogens with zero attached hydrogens (tertiary/aromatic N) is 2. The van der Waals surface area contributed by atoms with Gasteiger partial charge in [-0.05, 0) is 43.3 Å². The number of hydrogen-bond donors (Lipinski definition) is 2. The monoisotopic (exact) mass is 315 g/mol. The molecule has 22 heavy (non-hydrogen) atoms. The minimum absolute atomic E-state index is 0.0751. The van der Waals surface area contributed by atoms with Crippen LogP contribution in [0, 0.1) is 0 Å². The van der Waals surface area contributed by atoms with Crippen molar-refractivity contribution in [1.82, 2.24) is 9.55 Å². The van der Waals surface area contributed by atoms with Crippen LogP contribution in [0.5, 0.6) is 5.75 Å². The number of phenolic OH excluding ortho intramolecular Hbond substituents is 1. The van der Waals surface area contributed by atoms with E-state index in [1.165, 1.54) is 16.7 Å². The first-order valence-electron chi connectivity index (χ1n) is 6.85. The molecule has 5 nitrogen and oxygen atoms in total. The van der Waals surface area contributed by atoms with E-state index in [1.54, 1.807) is 30.3 Å². The number of aromatic nitrogens is 2. The van der Waals surface area contributed by atoms with E-state index in [9.17, 15) is 9.90 Å². The van der Waals surface area contributed by atoms with Crippen molar-refractivity contribution in [3.8, 4) is 11.4 Å². The summed E-state index contributed by atoms with van der Waals surface area (Å²) < 4.78 is 1.50. The molecule has 0 aliphatic carbocycles. The number of hydrogen-bond acceptors (Lipinski definition) is 4. The highest BCUT2D eigenvalue weighted by Gasteiger charge is 2.12. The normalized spacial score (nSPS) is 10.8. The third-order valence-corrected chi connectivity index (χ3v) is 3.52. The Morgan fingerprint density at radius 1 is 1.23 bits per heavy atom. The van der Waals surface area contributed by atoms with Gasteiger partial charge >= 0.3 is 0 Å². The van der Waals surface area contributed by atoms with Gasteiger partial charge in [0.2, 0.25) is 5.95 Å². The number of rotatable bonds is 3. The van der Waals surface area contributed by atoms with Crippen molar-refractivity contribution in [2.24, 2.45) is 0 Å². The van der Waals surface area contributed by atoms with Gasteiger partial charge in [-0.3, -0.25) is 4.79 Å². The van der Waals surface area contributed by atoms with Gasteiger partial charge in [-0.2, -0.15) is 0 Å². The van der Waals surface area contributed by atoms with Crippen molar-refractivity contribution in [3.63, 3.8) is 0 Å². The maximum absolute atomic E-state index is 12.8. The van der Waals surface area contributed by atoms with Crippen LogP contribution in [-0.4, -0.2) is 21.2 Å². The van der Waals surface area contributed by atoms with Crippen molar-refractivity contribution in [2.75, 3.05) is 11.9 Å². The van der Waals surface area contributed by atoms with E-state index in [0.29, 0.717) is 34.1 Å². The molecule has 0 radical (unpaired) electrons. The maximum atomic E-state index is 12.8. The molecule has 6 heteroatoms. The molecular weight excluding hydrogens is 302 g/mol. The number of anilines is 1. The Morgan fingerprint density at radius 2 is 1.95 bits per heavy atom. The fourth-order valence-corrected chi connectivity index (χ4v) is 2.41. The van der Waals surface area contributed by atoms with Gasteiger partial charge in [0.25, 0.3) is 5.56 Å². The largest absolute Gasteiger partial charge is 0.508 e. The predicted molar refractivity (Wildman–Crippen MR) is 88.2 cm³/mol. The molecule has 0 amide bonds. The first kappa shape index (κ1) is 14.4. The van der Waals surface area contributed by atoms with Crippen LogP contribution in [0.1, 0.15) is 6.92 Å². The molecule has 2 N–H and O–H groups in total. The van der Waals surface area contributed by atoms with E-state index in [1.807, 2.05) is 6.92 Å². The lowest BCUT2D eigenvalue weighted by Crippen LogP contribution is -2.23. The van der Waals surface area contributed by atoms with Crippen LogP contribution in [0.2, 0.25) is 5.02 Å². The van der Waals surface area contributed by atoms with Crippen molar-refractivity contribution in [3.05, 3.63) is 57.8 Å². The SMILES string of the molecule is CCNc1nc2cc(O)ccc2c(=O)n1-c1ccc(Cl)cc1.